The van der Waals surface area contributed by atoms with Gasteiger partial charge in [0.05, 0.1) is 24.0 Å². The van der Waals surface area contributed by atoms with Gasteiger partial charge in [-0.2, -0.15) is 0 Å². The van der Waals surface area contributed by atoms with E-state index in [2.05, 4.69) is 0 Å². The molecule has 0 aromatic heterocycles. The van der Waals surface area contributed by atoms with Crippen molar-refractivity contribution in [3.05, 3.63) is 0 Å². The first-order valence-electron chi connectivity index (χ1n) is 6.72. The minimum absolute atomic E-state index is 0.169. The summed E-state index contributed by atoms with van der Waals surface area (Å²) < 4.78 is 20.1. The molecule has 0 amide bonds. The lowest BCUT2D eigenvalue weighted by atomic mass is 9.96. The Bertz CT molecular complexity index is 274. The summed E-state index contributed by atoms with van der Waals surface area (Å²) in [6.45, 7) is 7.21. The smallest absolute Gasteiger partial charge is 0.309 e. The topological polar surface area (TPSA) is 71.1 Å². The molecule has 0 aliphatic carbocycles. The van der Waals surface area contributed by atoms with E-state index in [0.717, 1.165) is 0 Å². The minimum atomic E-state index is -0.565. The molecule has 0 bridgehead atoms. The largest absolute Gasteiger partial charge is 0.463 e. The van der Waals surface area contributed by atoms with E-state index < -0.39 is 23.8 Å². The summed E-state index contributed by atoms with van der Waals surface area (Å²) in [4.78, 5) is 23.6. The molecule has 0 aromatic carbocycles. The third-order valence-corrected chi connectivity index (χ3v) is 3.22. The van der Waals surface area contributed by atoms with Crippen LogP contribution in [0.1, 0.15) is 27.7 Å². The minimum Gasteiger partial charge on any atom is -0.463 e. The number of esters is 2. The number of carbonyl (C=O) groups excluding carboxylic acids is 2. The molecule has 0 rings (SSSR count). The molecule has 0 aliphatic rings. The van der Waals surface area contributed by atoms with Crippen LogP contribution in [-0.2, 0) is 28.5 Å². The predicted octanol–water partition coefficient (Wildman–Crippen LogP) is 1.41. The van der Waals surface area contributed by atoms with Crippen LogP contribution in [0.2, 0.25) is 0 Å². The highest BCUT2D eigenvalue weighted by molar-refractivity contribution is 5.81. The highest BCUT2D eigenvalue weighted by Gasteiger charge is 2.29. The van der Waals surface area contributed by atoms with Gasteiger partial charge in [-0.15, -0.1) is 0 Å². The van der Waals surface area contributed by atoms with Crippen molar-refractivity contribution in [2.75, 3.05) is 27.4 Å². The quantitative estimate of drug-likeness (QED) is 0.598. The van der Waals surface area contributed by atoms with Gasteiger partial charge in [0.25, 0.3) is 0 Å². The lowest BCUT2D eigenvalue weighted by Crippen LogP contribution is -2.31. The fourth-order valence-electron chi connectivity index (χ4n) is 1.21. The Kier molecular flexibility index (Phi) is 9.16. The Morgan fingerprint density at radius 2 is 1.05 bits per heavy atom. The Balaban J connectivity index is 4.20. The molecule has 0 saturated carbocycles. The van der Waals surface area contributed by atoms with Gasteiger partial charge in [0, 0.05) is 14.2 Å². The van der Waals surface area contributed by atoms with Crippen molar-refractivity contribution >= 4 is 11.9 Å². The van der Waals surface area contributed by atoms with Crippen LogP contribution in [0, 0.1) is 11.8 Å². The number of methoxy groups -OCH3 is 2. The Labute approximate surface area is 120 Å². The fourth-order valence-corrected chi connectivity index (χ4v) is 1.21. The van der Waals surface area contributed by atoms with Crippen LogP contribution in [0.5, 0.6) is 0 Å². The van der Waals surface area contributed by atoms with Gasteiger partial charge in [-0.1, -0.05) is 13.8 Å². The Morgan fingerprint density at radius 3 is 1.30 bits per heavy atom. The van der Waals surface area contributed by atoms with Gasteiger partial charge >= 0.3 is 11.9 Å². The third kappa shape index (κ3) is 6.86. The van der Waals surface area contributed by atoms with Gasteiger partial charge in [0.2, 0.25) is 0 Å². The first-order valence-corrected chi connectivity index (χ1v) is 6.72. The van der Waals surface area contributed by atoms with Crippen LogP contribution in [0.4, 0.5) is 0 Å². The normalized spacial score (nSPS) is 16.9. The standard InChI is InChI=1S/C14H26O6/c1-9(17-5)7-19-13(15)11(3)12(4)14(16)20-8-10(2)18-6/h9-12H,7-8H2,1-6H3. The van der Waals surface area contributed by atoms with Crippen LogP contribution in [0.15, 0.2) is 0 Å². The molecule has 0 fully saturated rings. The molecule has 6 nitrogen and oxygen atoms in total. The van der Waals surface area contributed by atoms with Crippen molar-refractivity contribution in [1.29, 1.82) is 0 Å². The van der Waals surface area contributed by atoms with Crippen molar-refractivity contribution in [3.8, 4) is 0 Å². The second kappa shape index (κ2) is 9.72. The molecule has 0 aromatic rings. The summed E-state index contributed by atoms with van der Waals surface area (Å²) >= 11 is 0. The number of hydrogen-bond donors (Lipinski definition) is 0. The SMILES string of the molecule is COC(C)COC(=O)C(C)C(C)C(=O)OCC(C)OC. The summed E-state index contributed by atoms with van der Waals surface area (Å²) in [6.07, 6.45) is -0.341. The molecule has 0 aliphatic heterocycles. The van der Waals surface area contributed by atoms with E-state index in [0.29, 0.717) is 0 Å². The van der Waals surface area contributed by atoms with E-state index in [9.17, 15) is 9.59 Å². The molecule has 0 saturated heterocycles. The summed E-state index contributed by atoms with van der Waals surface area (Å²) in [5, 5.41) is 0. The maximum absolute atomic E-state index is 11.8. The van der Waals surface area contributed by atoms with Crippen molar-refractivity contribution in [1.82, 2.24) is 0 Å². The Morgan fingerprint density at radius 1 is 0.750 bits per heavy atom. The van der Waals surface area contributed by atoms with E-state index in [1.54, 1.807) is 41.9 Å². The highest BCUT2D eigenvalue weighted by atomic mass is 16.6. The number of rotatable bonds is 9. The van der Waals surface area contributed by atoms with Gasteiger partial charge in [0.15, 0.2) is 0 Å². The molecule has 6 heteroatoms. The monoisotopic (exact) mass is 290 g/mol. The maximum atomic E-state index is 11.8. The van der Waals surface area contributed by atoms with Crippen LogP contribution in [0.25, 0.3) is 0 Å². The van der Waals surface area contributed by atoms with Gasteiger partial charge in [-0.05, 0) is 13.8 Å². The summed E-state index contributed by atoms with van der Waals surface area (Å²) in [7, 11) is 3.08. The second-order valence-electron chi connectivity index (χ2n) is 4.93. The van der Waals surface area contributed by atoms with Crippen molar-refractivity contribution in [3.63, 3.8) is 0 Å². The summed E-state index contributed by atoms with van der Waals surface area (Å²) in [6, 6.07) is 0. The third-order valence-electron chi connectivity index (χ3n) is 3.22. The molecular formula is C14H26O6. The summed E-state index contributed by atoms with van der Waals surface area (Å²) in [5.74, 6) is -2.00. The molecule has 0 N–H and O–H groups in total. The van der Waals surface area contributed by atoms with E-state index in [4.69, 9.17) is 18.9 Å². The van der Waals surface area contributed by atoms with E-state index in [1.807, 2.05) is 0 Å². The van der Waals surface area contributed by atoms with Crippen LogP contribution in [0.3, 0.4) is 0 Å². The van der Waals surface area contributed by atoms with Crippen molar-refractivity contribution in [2.24, 2.45) is 11.8 Å². The zero-order valence-corrected chi connectivity index (χ0v) is 13.2. The van der Waals surface area contributed by atoms with Crippen molar-refractivity contribution in [2.45, 2.75) is 39.9 Å². The number of carbonyl (C=O) groups is 2. The van der Waals surface area contributed by atoms with Crippen LogP contribution in [-0.4, -0.2) is 51.6 Å². The molecule has 0 radical (unpaired) electrons. The number of ether oxygens (including phenoxy) is 4. The molecule has 0 heterocycles. The van der Waals surface area contributed by atoms with Crippen LogP contribution >= 0.6 is 0 Å². The van der Waals surface area contributed by atoms with E-state index in [-0.39, 0.29) is 25.4 Å². The van der Waals surface area contributed by atoms with Gasteiger partial charge in [-0.3, -0.25) is 9.59 Å². The van der Waals surface area contributed by atoms with Crippen molar-refractivity contribution < 1.29 is 28.5 Å². The summed E-state index contributed by atoms with van der Waals surface area (Å²) in [5.41, 5.74) is 0. The van der Waals surface area contributed by atoms with Gasteiger partial charge < -0.3 is 18.9 Å². The van der Waals surface area contributed by atoms with E-state index in [1.165, 1.54) is 0 Å². The zero-order chi connectivity index (χ0) is 15.7. The molecule has 4 unspecified atom stereocenters. The Hall–Kier alpha value is -1.14. The highest BCUT2D eigenvalue weighted by Crippen LogP contribution is 2.15. The molecule has 20 heavy (non-hydrogen) atoms. The average Bonchev–Trinajstić information content (AvgIpc) is 2.47. The van der Waals surface area contributed by atoms with Gasteiger partial charge in [-0.25, -0.2) is 0 Å². The predicted molar refractivity (Wildman–Crippen MR) is 73.2 cm³/mol. The molecule has 0 spiro atoms. The lowest BCUT2D eigenvalue weighted by Gasteiger charge is -2.19. The zero-order valence-electron chi connectivity index (χ0n) is 13.2. The van der Waals surface area contributed by atoms with Gasteiger partial charge in [0.1, 0.15) is 13.2 Å². The lowest BCUT2D eigenvalue weighted by molar-refractivity contribution is -0.162. The molecule has 118 valence electrons. The second-order valence-corrected chi connectivity index (χ2v) is 4.93. The first kappa shape index (κ1) is 18.9. The van der Waals surface area contributed by atoms with E-state index >= 15 is 0 Å². The first-order chi connectivity index (χ1) is 9.33. The average molecular weight is 290 g/mol. The van der Waals surface area contributed by atoms with Crippen LogP contribution < -0.4 is 0 Å². The fraction of sp³-hybridized carbons (Fsp3) is 0.857. The number of hydrogen-bond acceptors (Lipinski definition) is 6. The molecular weight excluding hydrogens is 264 g/mol. The molecule has 4 atom stereocenters. The maximum Gasteiger partial charge on any atom is 0.309 e.